The molecule has 0 spiro atoms. The zero-order valence-corrected chi connectivity index (χ0v) is 14.6. The summed E-state index contributed by atoms with van der Waals surface area (Å²) in [5, 5.41) is 14.9. The number of nitrogens with one attached hydrogen (secondary N) is 1. The number of amides is 1. The molecule has 0 atom stereocenters. The van der Waals surface area contributed by atoms with Crippen molar-refractivity contribution in [3.8, 4) is 0 Å². The molecule has 3 rings (SSSR count). The third-order valence-electron chi connectivity index (χ3n) is 3.78. The summed E-state index contributed by atoms with van der Waals surface area (Å²) < 4.78 is 5.06. The number of nitrogens with zero attached hydrogens (tertiary/aromatic N) is 1. The SMILES string of the molecule is O=C(COC(=O)c1cccc2ccccc12)Nc1cc([N+](=O)[O-])ccc1Cl. The fourth-order valence-electron chi connectivity index (χ4n) is 2.52. The molecule has 0 aliphatic rings. The van der Waals surface area contributed by atoms with E-state index in [2.05, 4.69) is 5.32 Å². The van der Waals surface area contributed by atoms with Crippen molar-refractivity contribution in [1.29, 1.82) is 0 Å². The van der Waals surface area contributed by atoms with Crippen LogP contribution in [0.25, 0.3) is 10.8 Å². The Morgan fingerprint density at radius 2 is 1.81 bits per heavy atom. The Hall–Kier alpha value is -3.45. The molecule has 0 fully saturated rings. The number of nitro benzene ring substituents is 1. The summed E-state index contributed by atoms with van der Waals surface area (Å²) in [7, 11) is 0. The van der Waals surface area contributed by atoms with Crippen LogP contribution in [-0.4, -0.2) is 23.4 Å². The lowest BCUT2D eigenvalue weighted by molar-refractivity contribution is -0.384. The maximum absolute atomic E-state index is 12.3. The second-order valence-electron chi connectivity index (χ2n) is 5.57. The van der Waals surface area contributed by atoms with Crippen LogP contribution in [0.3, 0.4) is 0 Å². The highest BCUT2D eigenvalue weighted by molar-refractivity contribution is 6.33. The molecule has 8 heteroatoms. The number of ether oxygens (including phenoxy) is 1. The van der Waals surface area contributed by atoms with Gasteiger partial charge in [0.2, 0.25) is 0 Å². The smallest absolute Gasteiger partial charge is 0.339 e. The maximum atomic E-state index is 12.3. The van der Waals surface area contributed by atoms with E-state index in [4.69, 9.17) is 16.3 Å². The van der Waals surface area contributed by atoms with Crippen LogP contribution in [0.15, 0.2) is 60.7 Å². The lowest BCUT2D eigenvalue weighted by Gasteiger charge is -2.09. The summed E-state index contributed by atoms with van der Waals surface area (Å²) in [5.74, 6) is -1.31. The monoisotopic (exact) mass is 384 g/mol. The number of benzene rings is 3. The van der Waals surface area contributed by atoms with Crippen molar-refractivity contribution in [1.82, 2.24) is 0 Å². The van der Waals surface area contributed by atoms with E-state index < -0.39 is 23.4 Å². The molecule has 0 radical (unpaired) electrons. The molecule has 0 saturated carbocycles. The first kappa shape index (κ1) is 18.3. The predicted molar refractivity (Wildman–Crippen MR) is 101 cm³/mol. The van der Waals surface area contributed by atoms with Crippen molar-refractivity contribution in [2.75, 3.05) is 11.9 Å². The lowest BCUT2D eigenvalue weighted by Crippen LogP contribution is -2.21. The van der Waals surface area contributed by atoms with Gasteiger partial charge in [-0.25, -0.2) is 4.79 Å². The van der Waals surface area contributed by atoms with Crippen molar-refractivity contribution in [2.24, 2.45) is 0 Å². The van der Waals surface area contributed by atoms with E-state index in [-0.39, 0.29) is 16.4 Å². The molecule has 0 aliphatic heterocycles. The molecular formula is C19H13ClN2O5. The average Bonchev–Trinajstić information content (AvgIpc) is 2.67. The molecule has 0 unspecified atom stereocenters. The van der Waals surface area contributed by atoms with Gasteiger partial charge in [-0.2, -0.15) is 0 Å². The van der Waals surface area contributed by atoms with Gasteiger partial charge in [-0.15, -0.1) is 0 Å². The second-order valence-corrected chi connectivity index (χ2v) is 5.98. The number of hydrogen-bond acceptors (Lipinski definition) is 5. The van der Waals surface area contributed by atoms with Crippen molar-refractivity contribution >= 4 is 45.6 Å². The Balaban J connectivity index is 1.68. The van der Waals surface area contributed by atoms with E-state index in [1.54, 1.807) is 24.3 Å². The fraction of sp³-hybridized carbons (Fsp3) is 0.0526. The minimum atomic E-state index is -0.661. The van der Waals surface area contributed by atoms with E-state index in [0.29, 0.717) is 10.9 Å². The van der Waals surface area contributed by atoms with Crippen molar-refractivity contribution in [3.05, 3.63) is 81.4 Å². The number of esters is 1. The van der Waals surface area contributed by atoms with Gasteiger partial charge in [0.15, 0.2) is 6.61 Å². The molecule has 1 N–H and O–H groups in total. The largest absolute Gasteiger partial charge is 0.452 e. The van der Waals surface area contributed by atoms with Crippen LogP contribution in [0, 0.1) is 10.1 Å². The number of nitro groups is 1. The first-order valence-electron chi connectivity index (χ1n) is 7.84. The number of carbonyl (C=O) groups is 2. The van der Waals surface area contributed by atoms with Crippen LogP contribution in [0.5, 0.6) is 0 Å². The van der Waals surface area contributed by atoms with E-state index in [0.717, 1.165) is 11.5 Å². The zero-order chi connectivity index (χ0) is 19.4. The van der Waals surface area contributed by atoms with E-state index in [9.17, 15) is 19.7 Å². The topological polar surface area (TPSA) is 98.5 Å². The van der Waals surface area contributed by atoms with Gasteiger partial charge in [0.1, 0.15) is 0 Å². The summed E-state index contributed by atoms with van der Waals surface area (Å²) in [5.41, 5.74) is 0.189. The lowest BCUT2D eigenvalue weighted by atomic mass is 10.1. The van der Waals surface area contributed by atoms with Crippen LogP contribution >= 0.6 is 11.6 Å². The van der Waals surface area contributed by atoms with E-state index in [1.807, 2.05) is 18.2 Å². The first-order valence-corrected chi connectivity index (χ1v) is 8.22. The van der Waals surface area contributed by atoms with Gasteiger partial charge >= 0.3 is 5.97 Å². The van der Waals surface area contributed by atoms with E-state index in [1.165, 1.54) is 12.1 Å². The Morgan fingerprint density at radius 3 is 2.59 bits per heavy atom. The summed E-state index contributed by atoms with van der Waals surface area (Å²) in [6.07, 6.45) is 0. The van der Waals surface area contributed by atoms with Crippen molar-refractivity contribution < 1.29 is 19.2 Å². The molecule has 3 aromatic carbocycles. The highest BCUT2D eigenvalue weighted by atomic mass is 35.5. The molecule has 0 aliphatic carbocycles. The number of hydrogen-bond donors (Lipinski definition) is 1. The summed E-state index contributed by atoms with van der Waals surface area (Å²) in [6, 6.07) is 16.2. The summed E-state index contributed by atoms with van der Waals surface area (Å²) in [6.45, 7) is -0.554. The molecule has 0 bridgehead atoms. The van der Waals surface area contributed by atoms with Crippen LogP contribution in [0.2, 0.25) is 5.02 Å². The van der Waals surface area contributed by atoms with Crippen LogP contribution in [-0.2, 0) is 9.53 Å². The van der Waals surface area contributed by atoms with Crippen LogP contribution in [0.4, 0.5) is 11.4 Å². The Morgan fingerprint density at radius 1 is 1.07 bits per heavy atom. The Kier molecular flexibility index (Phi) is 5.33. The number of halogens is 1. The molecule has 0 saturated heterocycles. The van der Waals surface area contributed by atoms with Gasteiger partial charge < -0.3 is 10.1 Å². The second kappa shape index (κ2) is 7.84. The van der Waals surface area contributed by atoms with Gasteiger partial charge in [0, 0.05) is 12.1 Å². The highest BCUT2D eigenvalue weighted by Crippen LogP contribution is 2.26. The maximum Gasteiger partial charge on any atom is 0.339 e. The molecule has 7 nitrogen and oxygen atoms in total. The van der Waals surface area contributed by atoms with Gasteiger partial charge in [-0.1, -0.05) is 48.0 Å². The van der Waals surface area contributed by atoms with Crippen LogP contribution < -0.4 is 5.32 Å². The standard InChI is InChI=1S/C19H13ClN2O5/c20-16-9-8-13(22(25)26)10-17(16)21-18(23)11-27-19(24)15-7-3-5-12-4-1-2-6-14(12)15/h1-10H,11H2,(H,21,23). The van der Waals surface area contributed by atoms with Gasteiger partial charge in [-0.05, 0) is 22.9 Å². The number of non-ortho nitro benzene ring substituents is 1. The summed E-state index contributed by atoms with van der Waals surface area (Å²) >= 11 is 5.92. The molecule has 0 heterocycles. The molecule has 3 aromatic rings. The number of rotatable bonds is 5. The van der Waals surface area contributed by atoms with Gasteiger partial charge in [-0.3, -0.25) is 14.9 Å². The highest BCUT2D eigenvalue weighted by Gasteiger charge is 2.15. The minimum Gasteiger partial charge on any atom is -0.452 e. The number of carbonyl (C=O) groups excluding carboxylic acids is 2. The molecule has 27 heavy (non-hydrogen) atoms. The third-order valence-corrected chi connectivity index (χ3v) is 4.11. The minimum absolute atomic E-state index is 0.0667. The van der Waals surface area contributed by atoms with Crippen molar-refractivity contribution in [3.63, 3.8) is 0 Å². The molecule has 1 amide bonds. The van der Waals surface area contributed by atoms with Gasteiger partial charge in [0.25, 0.3) is 11.6 Å². The molecular weight excluding hydrogens is 372 g/mol. The third kappa shape index (κ3) is 4.21. The first-order chi connectivity index (χ1) is 13.0. The average molecular weight is 385 g/mol. The van der Waals surface area contributed by atoms with Crippen molar-refractivity contribution in [2.45, 2.75) is 0 Å². The number of fused-ring (bicyclic) bond motifs is 1. The molecule has 136 valence electrons. The Bertz CT molecular complexity index is 1050. The molecule has 0 aromatic heterocycles. The number of anilines is 1. The fourth-order valence-corrected chi connectivity index (χ4v) is 2.69. The van der Waals surface area contributed by atoms with E-state index >= 15 is 0 Å². The zero-order valence-electron chi connectivity index (χ0n) is 13.8. The van der Waals surface area contributed by atoms with Gasteiger partial charge in [0.05, 0.1) is 21.2 Å². The predicted octanol–water partition coefficient (Wildman–Crippen LogP) is 4.20. The van der Waals surface area contributed by atoms with Crippen LogP contribution in [0.1, 0.15) is 10.4 Å². The Labute approximate surface area is 158 Å². The normalized spacial score (nSPS) is 10.4. The quantitative estimate of drug-likeness (QED) is 0.404. The summed E-state index contributed by atoms with van der Waals surface area (Å²) in [4.78, 5) is 34.5.